The van der Waals surface area contributed by atoms with Gasteiger partial charge in [0.05, 0.1) is 17.5 Å². The van der Waals surface area contributed by atoms with Gasteiger partial charge in [-0.1, -0.05) is 85.0 Å². The number of aryl methyl sites for hydroxylation is 1. The van der Waals surface area contributed by atoms with E-state index in [0.29, 0.717) is 23.2 Å². The van der Waals surface area contributed by atoms with Crippen LogP contribution in [0.2, 0.25) is 0 Å². The lowest BCUT2D eigenvalue weighted by Crippen LogP contribution is -2.34. The van der Waals surface area contributed by atoms with Crippen LogP contribution < -0.4 is 4.74 Å². The lowest BCUT2D eigenvalue weighted by atomic mass is 9.83. The molecule has 274 valence electrons. The average Bonchev–Trinajstić information content (AvgIpc) is 3.26. The van der Waals surface area contributed by atoms with Crippen molar-refractivity contribution < 1.29 is 42.9 Å². The zero-order valence-corrected chi connectivity index (χ0v) is 30.1. The molecule has 0 bridgehead atoms. The molecule has 0 heterocycles. The smallest absolute Gasteiger partial charge is 0.343 e. The van der Waals surface area contributed by atoms with Crippen LogP contribution in [0.5, 0.6) is 5.75 Å². The van der Waals surface area contributed by atoms with Crippen LogP contribution in [0, 0.1) is 12.3 Å². The minimum Gasteiger partial charge on any atom is -0.461 e. The summed E-state index contributed by atoms with van der Waals surface area (Å²) in [5.74, 6) is -1.70. The summed E-state index contributed by atoms with van der Waals surface area (Å²) in [5.41, 5.74) is 3.91. The van der Waals surface area contributed by atoms with Gasteiger partial charge in [0, 0.05) is 6.42 Å². The molecule has 0 saturated carbocycles. The Hall–Kier alpha value is -6.61. The molecule has 9 nitrogen and oxygen atoms in total. The number of hydrogen-bond acceptors (Lipinski definition) is 9. The van der Waals surface area contributed by atoms with E-state index in [-0.39, 0.29) is 43.8 Å². The van der Waals surface area contributed by atoms with Gasteiger partial charge in [-0.15, -0.1) is 0 Å². The van der Waals surface area contributed by atoms with Crippen LogP contribution in [0.25, 0.3) is 22.3 Å². The molecule has 1 aliphatic rings. The van der Waals surface area contributed by atoms with Gasteiger partial charge >= 0.3 is 23.9 Å². The Morgan fingerprint density at radius 2 is 1.26 bits per heavy atom. The molecule has 9 heteroatoms. The van der Waals surface area contributed by atoms with Crippen LogP contribution in [0.1, 0.15) is 58.9 Å². The second-order valence-corrected chi connectivity index (χ2v) is 12.7. The maximum Gasteiger partial charge on any atom is 0.343 e. The lowest BCUT2D eigenvalue weighted by Gasteiger charge is -2.28. The summed E-state index contributed by atoms with van der Waals surface area (Å²) in [6.45, 7) is 7.21. The monoisotopic (exact) mass is 724 g/mol. The number of allylic oxidation sites excluding steroid dienone is 4. The summed E-state index contributed by atoms with van der Waals surface area (Å²) in [6, 6.07) is 28.8. The number of rotatable bonds is 13. The summed E-state index contributed by atoms with van der Waals surface area (Å²) >= 11 is 0. The molecular formula is C45H40O9. The van der Waals surface area contributed by atoms with Crippen molar-refractivity contribution in [2.24, 2.45) is 5.41 Å². The summed E-state index contributed by atoms with van der Waals surface area (Å²) in [6.07, 6.45) is 9.07. The fourth-order valence-corrected chi connectivity index (χ4v) is 5.51. The van der Waals surface area contributed by atoms with Crippen LogP contribution >= 0.6 is 0 Å². The third kappa shape index (κ3) is 10.0. The third-order valence-electron chi connectivity index (χ3n) is 8.68. The summed E-state index contributed by atoms with van der Waals surface area (Å²) < 4.78 is 22.3. The second-order valence-electron chi connectivity index (χ2n) is 12.7. The van der Waals surface area contributed by atoms with Crippen molar-refractivity contribution in [1.82, 2.24) is 0 Å². The van der Waals surface area contributed by atoms with Crippen molar-refractivity contribution in [3.63, 3.8) is 0 Å². The predicted octanol–water partition coefficient (Wildman–Crippen LogP) is 9.08. The van der Waals surface area contributed by atoms with Gasteiger partial charge in [-0.25, -0.2) is 9.59 Å². The normalized spacial score (nSPS) is 17.7. The molecule has 0 N–H and O–H groups in total. The van der Waals surface area contributed by atoms with Crippen molar-refractivity contribution in [2.45, 2.75) is 39.5 Å². The molecule has 0 aromatic heterocycles. The number of esters is 4. The first-order valence-corrected chi connectivity index (χ1v) is 17.4. The maximum absolute atomic E-state index is 13.5. The minimum absolute atomic E-state index is 0.00975. The van der Waals surface area contributed by atoms with Gasteiger partial charge in [0.2, 0.25) is 0 Å². The van der Waals surface area contributed by atoms with Gasteiger partial charge < -0.3 is 23.7 Å². The molecule has 1 aliphatic carbocycles. The van der Waals surface area contributed by atoms with Gasteiger partial charge in [0.15, 0.2) is 0 Å². The van der Waals surface area contributed by atoms with Crippen LogP contribution in [-0.2, 0) is 28.6 Å². The molecule has 54 heavy (non-hydrogen) atoms. The standard InChI is InChI=1S/C45H40O9/c1-4-30-51-44(50)45(3)28-27-38(8-5-6-9-40(45)54-43(49)37-21-17-33(18-22-37)32-13-11-31(2)12-14-32)53-42(48)36-19-15-34(16-20-36)35-23-25-39(26-24-35)52-41(47)10-7-29-46/h4-5,8-9,11-27,29H,1,6-7,10,28,30H2,2-3H3/b8-5-,38-27+,40-9+. The molecule has 0 fully saturated rings. The fraction of sp³-hybridized carbons (Fsp3) is 0.178. The number of carbonyl (C=O) groups is 5. The summed E-state index contributed by atoms with van der Waals surface area (Å²) in [4.78, 5) is 62.5. The van der Waals surface area contributed by atoms with Crippen molar-refractivity contribution in [3.05, 3.63) is 162 Å². The third-order valence-corrected chi connectivity index (χ3v) is 8.68. The van der Waals surface area contributed by atoms with E-state index in [1.165, 1.54) is 6.08 Å². The van der Waals surface area contributed by atoms with Crippen LogP contribution in [0.3, 0.4) is 0 Å². The maximum atomic E-state index is 13.5. The summed E-state index contributed by atoms with van der Waals surface area (Å²) in [5, 5.41) is 0. The number of aldehydes is 1. The average molecular weight is 725 g/mol. The number of benzene rings is 4. The van der Waals surface area contributed by atoms with E-state index in [0.717, 1.165) is 27.8 Å². The fourth-order valence-electron chi connectivity index (χ4n) is 5.51. The summed E-state index contributed by atoms with van der Waals surface area (Å²) in [7, 11) is 0. The molecule has 0 saturated heterocycles. The number of ether oxygens (including phenoxy) is 4. The highest BCUT2D eigenvalue weighted by Gasteiger charge is 2.41. The van der Waals surface area contributed by atoms with E-state index in [4.69, 9.17) is 18.9 Å². The highest BCUT2D eigenvalue weighted by Crippen LogP contribution is 2.37. The van der Waals surface area contributed by atoms with Gasteiger partial charge in [-0.2, -0.15) is 0 Å². The molecule has 0 spiro atoms. The quantitative estimate of drug-likeness (QED) is 0.0437. The van der Waals surface area contributed by atoms with Crippen molar-refractivity contribution in [2.75, 3.05) is 6.61 Å². The van der Waals surface area contributed by atoms with E-state index >= 15 is 0 Å². The first-order valence-electron chi connectivity index (χ1n) is 17.4. The Morgan fingerprint density at radius 3 is 1.81 bits per heavy atom. The Balaban J connectivity index is 1.28. The Morgan fingerprint density at radius 1 is 0.722 bits per heavy atom. The SMILES string of the molecule is C=CCOC(=O)C1(C)C/C=C(OC(=O)c2ccc(-c3ccc(OC(=O)CCC=O)cc3)cc2)\C=C/C/C=C\1OC(=O)c1ccc(-c2ccc(C)cc2)cc1. The number of hydrogen-bond donors (Lipinski definition) is 0. The van der Waals surface area contributed by atoms with E-state index in [1.807, 2.05) is 43.3 Å². The second kappa shape index (κ2) is 18.2. The molecule has 1 atom stereocenters. The van der Waals surface area contributed by atoms with Crippen molar-refractivity contribution in [3.8, 4) is 28.0 Å². The molecule has 0 amide bonds. The zero-order valence-electron chi connectivity index (χ0n) is 30.1. The van der Waals surface area contributed by atoms with Crippen molar-refractivity contribution in [1.29, 1.82) is 0 Å². The van der Waals surface area contributed by atoms with Gasteiger partial charge in [0.1, 0.15) is 35.6 Å². The van der Waals surface area contributed by atoms with Gasteiger partial charge in [-0.05, 0) is 104 Å². The predicted molar refractivity (Wildman–Crippen MR) is 204 cm³/mol. The largest absolute Gasteiger partial charge is 0.461 e. The van der Waals surface area contributed by atoms with E-state index in [2.05, 4.69) is 6.58 Å². The molecule has 0 radical (unpaired) electrons. The molecule has 4 aromatic carbocycles. The Kier molecular flexibility index (Phi) is 13.0. The van der Waals surface area contributed by atoms with Gasteiger partial charge in [0.25, 0.3) is 0 Å². The molecule has 5 rings (SSSR count). The highest BCUT2D eigenvalue weighted by atomic mass is 16.6. The molecular weight excluding hydrogens is 684 g/mol. The highest BCUT2D eigenvalue weighted by molar-refractivity contribution is 5.92. The lowest BCUT2D eigenvalue weighted by molar-refractivity contribution is -0.152. The molecule has 4 aromatic rings. The first-order chi connectivity index (χ1) is 26.1. The number of carbonyl (C=O) groups excluding carboxylic acids is 5. The minimum atomic E-state index is -1.45. The first kappa shape index (κ1) is 38.6. The molecule has 1 unspecified atom stereocenters. The van der Waals surface area contributed by atoms with Crippen LogP contribution in [0.4, 0.5) is 0 Å². The van der Waals surface area contributed by atoms with E-state index in [1.54, 1.807) is 91.9 Å². The Bertz CT molecular complexity index is 2090. The van der Waals surface area contributed by atoms with Crippen molar-refractivity contribution >= 4 is 30.2 Å². The zero-order chi connectivity index (χ0) is 38.5. The van der Waals surface area contributed by atoms with Crippen LogP contribution in [0.15, 0.2) is 146 Å². The topological polar surface area (TPSA) is 122 Å². The van der Waals surface area contributed by atoms with Crippen LogP contribution in [-0.4, -0.2) is 36.8 Å². The van der Waals surface area contributed by atoms with Gasteiger partial charge in [-0.3, -0.25) is 9.59 Å². The Labute approximate surface area is 314 Å². The molecule has 0 aliphatic heterocycles. The van der Waals surface area contributed by atoms with E-state index in [9.17, 15) is 24.0 Å². The van der Waals surface area contributed by atoms with E-state index < -0.39 is 29.3 Å².